The lowest BCUT2D eigenvalue weighted by molar-refractivity contribution is -0.385. The van der Waals surface area contributed by atoms with Crippen LogP contribution in [0.4, 0.5) is 11.4 Å². The number of rotatable bonds is 6. The van der Waals surface area contributed by atoms with Gasteiger partial charge in [-0.3, -0.25) is 14.9 Å². The summed E-state index contributed by atoms with van der Waals surface area (Å²) in [5, 5.41) is 18.3. The van der Waals surface area contributed by atoms with Gasteiger partial charge in [-0.1, -0.05) is 11.6 Å². The lowest BCUT2D eigenvalue weighted by Crippen LogP contribution is -2.20. The Balaban J connectivity index is 1.75. The summed E-state index contributed by atoms with van der Waals surface area (Å²) in [7, 11) is 0. The summed E-state index contributed by atoms with van der Waals surface area (Å²) < 4.78 is 7.72. The monoisotopic (exact) mass is 528 g/mol. The number of nitrogens with one attached hydrogen (secondary N) is 1. The minimum atomic E-state index is -0.524. The van der Waals surface area contributed by atoms with E-state index in [-0.39, 0.29) is 18.1 Å². The van der Waals surface area contributed by atoms with Gasteiger partial charge < -0.3 is 10.1 Å². The maximum Gasteiger partial charge on any atom is 0.274 e. The van der Waals surface area contributed by atoms with Crippen molar-refractivity contribution in [2.75, 3.05) is 5.32 Å². The summed E-state index contributed by atoms with van der Waals surface area (Å²) in [6.45, 7) is 0.0139. The number of hydrogen-bond donors (Lipinski definition) is 1. The molecule has 0 saturated carbocycles. The Hall–Kier alpha value is -2.43. The minimum absolute atomic E-state index is 0.0139. The predicted octanol–water partition coefficient (Wildman–Crippen LogP) is 5.26. The lowest BCUT2D eigenvalue weighted by Gasteiger charge is -2.12. The zero-order chi connectivity index (χ0) is 20.3. The zero-order valence-corrected chi connectivity index (χ0v) is 17.9. The number of nitrogens with zero attached hydrogens (tertiary/aromatic N) is 3. The first-order valence-corrected chi connectivity index (χ1v) is 9.66. The van der Waals surface area contributed by atoms with Crippen molar-refractivity contribution in [3.8, 4) is 5.75 Å². The fourth-order valence-electron chi connectivity index (χ4n) is 2.26. The van der Waals surface area contributed by atoms with Gasteiger partial charge in [0, 0.05) is 32.3 Å². The van der Waals surface area contributed by atoms with Crippen LogP contribution in [-0.2, 0) is 6.73 Å². The Morgan fingerprint density at radius 2 is 1.86 bits per heavy atom. The number of benzene rings is 2. The molecule has 0 saturated heterocycles. The van der Waals surface area contributed by atoms with Crippen LogP contribution in [0, 0.1) is 10.1 Å². The van der Waals surface area contributed by atoms with Crippen molar-refractivity contribution in [3.63, 3.8) is 0 Å². The summed E-state index contributed by atoms with van der Waals surface area (Å²) in [5.74, 6) is 0.125. The number of halogens is 3. The van der Waals surface area contributed by atoms with Gasteiger partial charge in [0.25, 0.3) is 11.6 Å². The lowest BCUT2D eigenvalue weighted by atomic mass is 10.2. The van der Waals surface area contributed by atoms with Gasteiger partial charge in [0.05, 0.1) is 10.6 Å². The van der Waals surface area contributed by atoms with E-state index in [4.69, 9.17) is 16.3 Å². The normalized spacial score (nSPS) is 10.5. The molecule has 2 aromatic carbocycles. The molecule has 1 N–H and O–H groups in total. The largest absolute Gasteiger partial charge is 0.471 e. The van der Waals surface area contributed by atoms with Crippen molar-refractivity contribution in [1.29, 1.82) is 0 Å². The van der Waals surface area contributed by atoms with Crippen LogP contribution in [0.25, 0.3) is 0 Å². The molecule has 0 aliphatic carbocycles. The third-order valence-corrected chi connectivity index (χ3v) is 5.10. The summed E-state index contributed by atoms with van der Waals surface area (Å²) in [5.41, 5.74) is 0.506. The smallest absolute Gasteiger partial charge is 0.274 e. The number of carbonyl (C=O) groups excluding carboxylic acids is 1. The van der Waals surface area contributed by atoms with Crippen LogP contribution in [-0.4, -0.2) is 20.6 Å². The summed E-state index contributed by atoms with van der Waals surface area (Å²) in [6, 6.07) is 10.9. The highest BCUT2D eigenvalue weighted by molar-refractivity contribution is 9.11. The van der Waals surface area contributed by atoms with Gasteiger partial charge >= 0.3 is 0 Å². The summed E-state index contributed by atoms with van der Waals surface area (Å²) in [4.78, 5) is 23.1. The van der Waals surface area contributed by atoms with E-state index in [1.807, 2.05) is 0 Å². The quantitative estimate of drug-likeness (QED) is 0.346. The van der Waals surface area contributed by atoms with Crippen molar-refractivity contribution in [1.82, 2.24) is 9.78 Å². The molecule has 11 heteroatoms. The third kappa shape index (κ3) is 4.70. The Labute approximate surface area is 180 Å². The van der Waals surface area contributed by atoms with Crippen LogP contribution in [0.3, 0.4) is 0 Å². The molecular weight excluding hydrogens is 519 g/mol. The number of nitro benzene ring substituents is 1. The molecule has 0 atom stereocenters. The van der Waals surface area contributed by atoms with Gasteiger partial charge in [-0.2, -0.15) is 5.10 Å². The number of anilines is 1. The second kappa shape index (κ2) is 8.72. The topological polar surface area (TPSA) is 99.3 Å². The first kappa shape index (κ1) is 20.3. The van der Waals surface area contributed by atoms with Crippen LogP contribution in [0.2, 0.25) is 5.02 Å². The van der Waals surface area contributed by atoms with Gasteiger partial charge in [-0.25, -0.2) is 4.68 Å². The first-order valence-electron chi connectivity index (χ1n) is 7.70. The molecule has 1 aromatic heterocycles. The Bertz CT molecular complexity index is 1020. The zero-order valence-electron chi connectivity index (χ0n) is 13.9. The SMILES string of the molecule is O=C(Nc1c(Br)cc([N+](=O)[O-])cc1Br)c1ccnn1COc1ccc(Cl)cc1. The highest BCUT2D eigenvalue weighted by atomic mass is 79.9. The van der Waals surface area contributed by atoms with Crippen molar-refractivity contribution < 1.29 is 14.5 Å². The Morgan fingerprint density at radius 3 is 2.46 bits per heavy atom. The van der Waals surface area contributed by atoms with Crippen molar-refractivity contribution in [2.45, 2.75) is 6.73 Å². The van der Waals surface area contributed by atoms with Crippen molar-refractivity contribution >= 4 is 60.7 Å². The van der Waals surface area contributed by atoms with E-state index in [1.165, 1.54) is 29.1 Å². The molecule has 0 unspecified atom stereocenters. The third-order valence-electron chi connectivity index (χ3n) is 3.59. The van der Waals surface area contributed by atoms with E-state index in [0.29, 0.717) is 25.4 Å². The molecule has 0 bridgehead atoms. The molecule has 3 rings (SSSR count). The predicted molar refractivity (Wildman–Crippen MR) is 111 cm³/mol. The van der Waals surface area contributed by atoms with Crippen LogP contribution in [0.1, 0.15) is 10.5 Å². The molecular formula is C17H11Br2ClN4O4. The number of hydrogen-bond acceptors (Lipinski definition) is 5. The second-order valence-corrected chi connectivity index (χ2v) is 7.58. The average Bonchev–Trinajstić information content (AvgIpc) is 3.12. The molecule has 0 radical (unpaired) electrons. The van der Waals surface area contributed by atoms with Crippen LogP contribution in [0.15, 0.2) is 57.6 Å². The molecule has 0 aliphatic rings. The van der Waals surface area contributed by atoms with Crippen molar-refractivity contribution in [2.24, 2.45) is 0 Å². The van der Waals surface area contributed by atoms with Gasteiger partial charge in [-0.05, 0) is 62.2 Å². The number of amides is 1. The maximum atomic E-state index is 12.7. The highest BCUT2D eigenvalue weighted by Crippen LogP contribution is 2.35. The number of aromatic nitrogens is 2. The number of nitro groups is 1. The molecule has 3 aromatic rings. The fourth-order valence-corrected chi connectivity index (χ4v) is 3.74. The van der Waals surface area contributed by atoms with Crippen molar-refractivity contribution in [3.05, 3.63) is 78.4 Å². The van der Waals surface area contributed by atoms with E-state index in [9.17, 15) is 14.9 Å². The fraction of sp³-hybridized carbons (Fsp3) is 0.0588. The average molecular weight is 531 g/mol. The highest BCUT2D eigenvalue weighted by Gasteiger charge is 2.19. The van der Waals surface area contributed by atoms with Crippen LogP contribution >= 0.6 is 43.5 Å². The maximum absolute atomic E-state index is 12.7. The number of non-ortho nitro benzene ring substituents is 1. The standard InChI is InChI=1S/C17H11Br2ClN4O4/c18-13-7-11(24(26)27)8-14(19)16(13)22-17(25)15-5-6-21-23(15)9-28-12-3-1-10(20)2-4-12/h1-8H,9H2,(H,22,25). The molecule has 0 fully saturated rings. The second-order valence-electron chi connectivity index (χ2n) is 5.44. The first-order chi connectivity index (χ1) is 13.3. The van der Waals surface area contributed by atoms with E-state index in [2.05, 4.69) is 42.3 Å². The van der Waals surface area contributed by atoms with Gasteiger partial charge in [-0.15, -0.1) is 0 Å². The van der Waals surface area contributed by atoms with E-state index < -0.39 is 10.8 Å². The van der Waals surface area contributed by atoms with Crippen LogP contribution < -0.4 is 10.1 Å². The number of carbonyl (C=O) groups is 1. The van der Waals surface area contributed by atoms with Gasteiger partial charge in [0.2, 0.25) is 0 Å². The van der Waals surface area contributed by atoms with Gasteiger partial charge in [0.15, 0.2) is 6.73 Å². The summed E-state index contributed by atoms with van der Waals surface area (Å²) >= 11 is 12.3. The molecule has 1 heterocycles. The van der Waals surface area contributed by atoms with Gasteiger partial charge in [0.1, 0.15) is 11.4 Å². The Kier molecular flexibility index (Phi) is 6.32. The molecule has 0 aliphatic heterocycles. The molecule has 28 heavy (non-hydrogen) atoms. The molecule has 8 nitrogen and oxygen atoms in total. The molecule has 0 spiro atoms. The minimum Gasteiger partial charge on any atom is -0.471 e. The van der Waals surface area contributed by atoms with E-state index >= 15 is 0 Å². The molecule has 1 amide bonds. The van der Waals surface area contributed by atoms with E-state index in [1.54, 1.807) is 24.3 Å². The van der Waals surface area contributed by atoms with E-state index in [0.717, 1.165) is 0 Å². The van der Waals surface area contributed by atoms with Crippen LogP contribution in [0.5, 0.6) is 5.75 Å². The molecule has 144 valence electrons. The Morgan fingerprint density at radius 1 is 1.21 bits per heavy atom. The number of ether oxygens (including phenoxy) is 1. The summed E-state index contributed by atoms with van der Waals surface area (Å²) in [6.07, 6.45) is 1.47.